The molecule has 1 aromatic carbocycles. The molecule has 0 atom stereocenters. The SMILES string of the molecule is Cc1c(CNC(=O)c2ccc(Cl)s2)ncn1-c1ccc(-n2ccccc2=O)cc1. The van der Waals surface area contributed by atoms with Crippen molar-refractivity contribution in [3.05, 3.63) is 98.1 Å². The van der Waals surface area contributed by atoms with Crippen LogP contribution in [0.2, 0.25) is 4.34 Å². The highest BCUT2D eigenvalue weighted by Gasteiger charge is 2.12. The van der Waals surface area contributed by atoms with Gasteiger partial charge in [-0.2, -0.15) is 0 Å². The summed E-state index contributed by atoms with van der Waals surface area (Å²) in [7, 11) is 0. The van der Waals surface area contributed by atoms with Gasteiger partial charge in [-0.15, -0.1) is 11.3 Å². The Labute approximate surface area is 176 Å². The van der Waals surface area contributed by atoms with Crippen molar-refractivity contribution in [2.75, 3.05) is 0 Å². The van der Waals surface area contributed by atoms with E-state index in [1.165, 1.54) is 17.4 Å². The summed E-state index contributed by atoms with van der Waals surface area (Å²) in [6.07, 6.45) is 3.46. The Bertz CT molecular complexity index is 1220. The van der Waals surface area contributed by atoms with Crippen LogP contribution in [0.5, 0.6) is 0 Å². The number of rotatable bonds is 5. The smallest absolute Gasteiger partial charge is 0.261 e. The highest BCUT2D eigenvalue weighted by atomic mass is 35.5. The topological polar surface area (TPSA) is 68.9 Å². The van der Waals surface area contributed by atoms with Crippen LogP contribution in [0.25, 0.3) is 11.4 Å². The molecule has 0 aliphatic carbocycles. The largest absolute Gasteiger partial charge is 0.346 e. The maximum Gasteiger partial charge on any atom is 0.261 e. The summed E-state index contributed by atoms with van der Waals surface area (Å²) >= 11 is 7.12. The van der Waals surface area contributed by atoms with E-state index in [-0.39, 0.29) is 11.5 Å². The van der Waals surface area contributed by atoms with Crippen LogP contribution < -0.4 is 10.9 Å². The van der Waals surface area contributed by atoms with Crippen LogP contribution in [0.15, 0.2) is 71.9 Å². The summed E-state index contributed by atoms with van der Waals surface area (Å²) in [4.78, 5) is 29.2. The number of pyridine rings is 1. The van der Waals surface area contributed by atoms with Gasteiger partial charge in [-0.05, 0) is 49.4 Å². The molecule has 8 heteroatoms. The van der Waals surface area contributed by atoms with Crippen molar-refractivity contribution in [1.29, 1.82) is 0 Å². The molecule has 29 heavy (non-hydrogen) atoms. The number of hydrogen-bond donors (Lipinski definition) is 1. The van der Waals surface area contributed by atoms with E-state index < -0.39 is 0 Å². The van der Waals surface area contributed by atoms with Crippen LogP contribution in [0.4, 0.5) is 0 Å². The summed E-state index contributed by atoms with van der Waals surface area (Å²) < 4.78 is 4.11. The number of imidazole rings is 1. The van der Waals surface area contributed by atoms with Gasteiger partial charge in [0.1, 0.15) is 0 Å². The Morgan fingerprint density at radius 1 is 1.07 bits per heavy atom. The molecule has 0 saturated carbocycles. The Balaban J connectivity index is 1.50. The van der Waals surface area contributed by atoms with E-state index in [4.69, 9.17) is 11.6 Å². The maximum absolute atomic E-state index is 12.2. The van der Waals surface area contributed by atoms with Crippen LogP contribution in [-0.4, -0.2) is 20.0 Å². The molecule has 0 bridgehead atoms. The van der Waals surface area contributed by atoms with Gasteiger partial charge in [-0.3, -0.25) is 14.2 Å². The van der Waals surface area contributed by atoms with E-state index in [0.29, 0.717) is 15.8 Å². The molecule has 3 aromatic heterocycles. The number of hydrogen-bond acceptors (Lipinski definition) is 4. The van der Waals surface area contributed by atoms with Crippen LogP contribution in [0.3, 0.4) is 0 Å². The van der Waals surface area contributed by atoms with E-state index in [0.717, 1.165) is 22.8 Å². The maximum atomic E-state index is 12.2. The Morgan fingerprint density at radius 2 is 1.79 bits per heavy atom. The summed E-state index contributed by atoms with van der Waals surface area (Å²) in [6, 6.07) is 16.1. The second-order valence-electron chi connectivity index (χ2n) is 6.36. The normalized spacial score (nSPS) is 10.8. The molecule has 4 rings (SSSR count). The average Bonchev–Trinajstić information content (AvgIpc) is 3.32. The van der Waals surface area contributed by atoms with Gasteiger partial charge < -0.3 is 9.88 Å². The molecule has 3 heterocycles. The number of amides is 1. The first kappa shape index (κ1) is 19.2. The molecular formula is C21H17ClN4O2S. The van der Waals surface area contributed by atoms with Gasteiger partial charge in [0.25, 0.3) is 11.5 Å². The molecular weight excluding hydrogens is 408 g/mol. The molecule has 0 unspecified atom stereocenters. The Kier molecular flexibility index (Phi) is 5.33. The van der Waals surface area contributed by atoms with Crippen molar-refractivity contribution < 1.29 is 4.79 Å². The van der Waals surface area contributed by atoms with E-state index in [2.05, 4.69) is 10.3 Å². The summed E-state index contributed by atoms with van der Waals surface area (Å²) in [5.74, 6) is -0.173. The molecule has 0 aliphatic rings. The van der Waals surface area contributed by atoms with Gasteiger partial charge >= 0.3 is 0 Å². The fraction of sp³-hybridized carbons (Fsp3) is 0.0952. The number of aromatic nitrogens is 3. The Morgan fingerprint density at radius 3 is 2.45 bits per heavy atom. The van der Waals surface area contributed by atoms with Crippen molar-refractivity contribution in [2.45, 2.75) is 13.5 Å². The quantitative estimate of drug-likeness (QED) is 0.527. The van der Waals surface area contributed by atoms with Crippen LogP contribution in [0.1, 0.15) is 21.1 Å². The lowest BCUT2D eigenvalue weighted by Crippen LogP contribution is -2.22. The fourth-order valence-electron chi connectivity index (χ4n) is 2.98. The first-order valence-corrected chi connectivity index (χ1v) is 10.1. The minimum atomic E-state index is -0.173. The second kappa shape index (κ2) is 8.06. The zero-order valence-electron chi connectivity index (χ0n) is 15.5. The van der Waals surface area contributed by atoms with Crippen molar-refractivity contribution >= 4 is 28.8 Å². The lowest BCUT2D eigenvalue weighted by Gasteiger charge is -2.09. The third-order valence-corrected chi connectivity index (χ3v) is 5.78. The van der Waals surface area contributed by atoms with Crippen LogP contribution in [0, 0.1) is 6.92 Å². The first-order valence-electron chi connectivity index (χ1n) is 8.88. The summed E-state index contributed by atoms with van der Waals surface area (Å²) in [6.45, 7) is 2.27. The van der Waals surface area contributed by atoms with Crippen molar-refractivity contribution in [3.8, 4) is 11.4 Å². The van der Waals surface area contributed by atoms with Crippen LogP contribution in [-0.2, 0) is 6.54 Å². The lowest BCUT2D eigenvalue weighted by molar-refractivity contribution is 0.0954. The number of nitrogens with zero attached hydrogens (tertiary/aromatic N) is 3. The van der Waals surface area contributed by atoms with Gasteiger partial charge in [-0.1, -0.05) is 17.7 Å². The molecule has 0 fully saturated rings. The Hall–Kier alpha value is -3.16. The minimum Gasteiger partial charge on any atom is -0.346 e. The van der Waals surface area contributed by atoms with E-state index >= 15 is 0 Å². The molecule has 1 N–H and O–H groups in total. The number of benzene rings is 1. The minimum absolute atomic E-state index is 0.0795. The molecule has 0 saturated heterocycles. The number of thiophene rings is 1. The van der Waals surface area contributed by atoms with Crippen molar-refractivity contribution in [2.24, 2.45) is 0 Å². The van der Waals surface area contributed by atoms with Gasteiger partial charge in [0.2, 0.25) is 0 Å². The van der Waals surface area contributed by atoms with Gasteiger partial charge in [0.15, 0.2) is 0 Å². The summed E-state index contributed by atoms with van der Waals surface area (Å²) in [5.41, 5.74) is 3.34. The molecule has 0 radical (unpaired) electrons. The van der Waals surface area contributed by atoms with E-state index in [1.807, 2.05) is 41.8 Å². The van der Waals surface area contributed by atoms with Crippen LogP contribution >= 0.6 is 22.9 Å². The van der Waals surface area contributed by atoms with Gasteiger partial charge in [-0.25, -0.2) is 4.98 Å². The molecule has 4 aromatic rings. The van der Waals surface area contributed by atoms with E-state index in [9.17, 15) is 9.59 Å². The number of carbonyl (C=O) groups excluding carboxylic acids is 1. The van der Waals surface area contributed by atoms with E-state index in [1.54, 1.807) is 35.3 Å². The number of halogens is 1. The number of nitrogens with one attached hydrogen (secondary N) is 1. The zero-order chi connectivity index (χ0) is 20.4. The van der Waals surface area contributed by atoms with Crippen molar-refractivity contribution in [1.82, 2.24) is 19.4 Å². The molecule has 0 aliphatic heterocycles. The summed E-state index contributed by atoms with van der Waals surface area (Å²) in [5, 5.41) is 2.87. The average molecular weight is 425 g/mol. The first-order chi connectivity index (χ1) is 14.0. The zero-order valence-corrected chi connectivity index (χ0v) is 17.1. The van der Waals surface area contributed by atoms with Gasteiger partial charge in [0.05, 0.1) is 27.8 Å². The third-order valence-electron chi connectivity index (χ3n) is 4.55. The predicted octanol–water partition coefficient (Wildman–Crippen LogP) is 3.98. The fourth-order valence-corrected chi connectivity index (χ4v) is 3.94. The third kappa shape index (κ3) is 4.01. The molecule has 1 amide bonds. The van der Waals surface area contributed by atoms with Gasteiger partial charge in [0, 0.05) is 29.3 Å². The molecule has 0 spiro atoms. The lowest BCUT2D eigenvalue weighted by atomic mass is 10.2. The predicted molar refractivity (Wildman–Crippen MR) is 114 cm³/mol. The second-order valence-corrected chi connectivity index (χ2v) is 8.07. The number of carbonyl (C=O) groups is 1. The molecule has 6 nitrogen and oxygen atoms in total. The standard InChI is InChI=1S/C21H17ClN4O2S/c1-14-17(12-23-21(28)18-9-10-19(22)29-18)24-13-26(14)16-7-5-15(6-8-16)25-11-3-2-4-20(25)27/h2-11,13H,12H2,1H3,(H,23,28). The molecule has 146 valence electrons. The highest BCUT2D eigenvalue weighted by molar-refractivity contribution is 7.17. The highest BCUT2D eigenvalue weighted by Crippen LogP contribution is 2.21. The monoisotopic (exact) mass is 424 g/mol. The van der Waals surface area contributed by atoms with Crippen molar-refractivity contribution in [3.63, 3.8) is 0 Å².